The van der Waals surface area contributed by atoms with Gasteiger partial charge in [0.05, 0.1) is 6.61 Å². The number of sulfonamides is 1. The molecule has 2 aromatic carbocycles. The Bertz CT molecular complexity index is 1300. The lowest BCUT2D eigenvalue weighted by atomic mass is 10.0. The van der Waals surface area contributed by atoms with Crippen LogP contribution in [0.5, 0.6) is 11.5 Å². The number of ketones is 1. The van der Waals surface area contributed by atoms with E-state index in [4.69, 9.17) is 4.74 Å². The molecule has 13 heteroatoms. The van der Waals surface area contributed by atoms with E-state index in [1.165, 1.54) is 30.3 Å². The summed E-state index contributed by atoms with van der Waals surface area (Å²) in [6, 6.07) is 8.12. The summed E-state index contributed by atoms with van der Waals surface area (Å²) in [5.41, 5.74) is 1.09. The third-order valence-electron chi connectivity index (χ3n) is 5.95. The molecule has 1 heterocycles. The summed E-state index contributed by atoms with van der Waals surface area (Å²) < 4.78 is 75.6. The molecule has 214 valence electrons. The van der Waals surface area contributed by atoms with Gasteiger partial charge < -0.3 is 19.5 Å². The predicted octanol–water partition coefficient (Wildman–Crippen LogP) is 4.78. The van der Waals surface area contributed by atoms with Gasteiger partial charge in [-0.05, 0) is 62.4 Å². The summed E-state index contributed by atoms with van der Waals surface area (Å²) in [7, 11) is -3.90. The minimum atomic E-state index is -4.86. The number of fused-ring (bicyclic) bond motifs is 1. The van der Waals surface area contributed by atoms with Crippen molar-refractivity contribution in [3.05, 3.63) is 53.1 Å². The van der Waals surface area contributed by atoms with Crippen LogP contribution in [0.25, 0.3) is 0 Å². The summed E-state index contributed by atoms with van der Waals surface area (Å²) in [6.45, 7) is 3.69. The molecular formula is C26H31F3N2O7S. The predicted molar refractivity (Wildman–Crippen MR) is 136 cm³/mol. The first-order valence-corrected chi connectivity index (χ1v) is 13.9. The summed E-state index contributed by atoms with van der Waals surface area (Å²) in [5.74, 6) is -0.421. The van der Waals surface area contributed by atoms with Crippen molar-refractivity contribution in [2.75, 3.05) is 19.7 Å². The topological polar surface area (TPSA) is 122 Å². The Balaban J connectivity index is 1.59. The number of ether oxygens (including phenoxy) is 2. The maximum absolute atomic E-state index is 12.9. The number of hydrogen-bond donors (Lipinski definition) is 2. The first-order chi connectivity index (χ1) is 18.3. The van der Waals surface area contributed by atoms with Crippen molar-refractivity contribution in [3.8, 4) is 11.5 Å². The fraction of sp³-hybridized carbons (Fsp3) is 0.462. The molecule has 0 atom stereocenters. The number of alkyl halides is 3. The molecule has 0 saturated carbocycles. The molecule has 2 aromatic rings. The van der Waals surface area contributed by atoms with Gasteiger partial charge in [0.1, 0.15) is 16.4 Å². The second-order valence-electron chi connectivity index (χ2n) is 9.39. The van der Waals surface area contributed by atoms with Crippen molar-refractivity contribution in [2.45, 2.75) is 63.3 Å². The summed E-state index contributed by atoms with van der Waals surface area (Å²) in [5, 5.41) is 9.53. The van der Waals surface area contributed by atoms with Gasteiger partial charge >= 0.3 is 12.5 Å². The fourth-order valence-corrected chi connectivity index (χ4v) is 5.70. The third kappa shape index (κ3) is 8.59. The van der Waals surface area contributed by atoms with Crippen molar-refractivity contribution in [2.24, 2.45) is 0 Å². The molecule has 0 unspecified atom stereocenters. The molecule has 0 fully saturated rings. The lowest BCUT2D eigenvalue weighted by molar-refractivity contribution is -0.274. The van der Waals surface area contributed by atoms with Gasteiger partial charge in [0.2, 0.25) is 10.0 Å². The molecule has 0 bridgehead atoms. The van der Waals surface area contributed by atoms with Gasteiger partial charge in [-0.25, -0.2) is 17.9 Å². The van der Waals surface area contributed by atoms with Crippen LogP contribution in [0.4, 0.5) is 18.0 Å². The van der Waals surface area contributed by atoms with Crippen LogP contribution in [-0.2, 0) is 22.9 Å². The molecule has 1 amide bonds. The highest BCUT2D eigenvalue weighted by molar-refractivity contribution is 7.89. The maximum Gasteiger partial charge on any atom is 0.573 e. The van der Waals surface area contributed by atoms with Crippen LogP contribution in [-0.4, -0.2) is 62.4 Å². The molecule has 9 nitrogen and oxygen atoms in total. The van der Waals surface area contributed by atoms with Crippen LogP contribution in [0.2, 0.25) is 0 Å². The van der Waals surface area contributed by atoms with Gasteiger partial charge in [-0.1, -0.05) is 18.2 Å². The Hall–Kier alpha value is -3.32. The molecular weight excluding hydrogens is 541 g/mol. The van der Waals surface area contributed by atoms with Crippen LogP contribution >= 0.6 is 0 Å². The van der Waals surface area contributed by atoms with Crippen LogP contribution in [0.1, 0.15) is 54.6 Å². The number of halogens is 3. The van der Waals surface area contributed by atoms with Crippen molar-refractivity contribution in [3.63, 3.8) is 0 Å². The SMILES string of the molecule is CC(C)NS(=O)(=O)c1cc(C(=O)CCCCN(CCc2ccccc2OC(F)(F)F)C(=O)O)cc2c1OCC2. The second-order valence-corrected chi connectivity index (χ2v) is 11.1. The standard InChI is InChI=1S/C26H31F3N2O7S/c1-17(2)30-39(35,36)23-16-20(15-19-11-14-37-24(19)23)21(32)8-5-6-12-31(25(33)34)13-10-18-7-3-4-9-22(18)38-26(27,28)29/h3-4,7,9,15-17,30H,5-6,8,10-14H2,1-2H3,(H,33,34). The number of unbranched alkanes of at least 4 members (excludes halogenated alkanes) is 1. The van der Waals surface area contributed by atoms with Crippen LogP contribution < -0.4 is 14.2 Å². The molecule has 0 aliphatic carbocycles. The largest absolute Gasteiger partial charge is 0.573 e. The number of rotatable bonds is 13. The van der Waals surface area contributed by atoms with Crippen LogP contribution in [0.15, 0.2) is 41.3 Å². The fourth-order valence-electron chi connectivity index (χ4n) is 4.23. The zero-order valence-corrected chi connectivity index (χ0v) is 22.4. The van der Waals surface area contributed by atoms with Crippen molar-refractivity contribution in [1.29, 1.82) is 0 Å². The minimum absolute atomic E-state index is 0.0103. The highest BCUT2D eigenvalue weighted by Gasteiger charge is 2.32. The van der Waals surface area contributed by atoms with Gasteiger partial charge in [-0.3, -0.25) is 4.79 Å². The van der Waals surface area contributed by atoms with E-state index in [2.05, 4.69) is 9.46 Å². The highest BCUT2D eigenvalue weighted by atomic mass is 32.2. The number of para-hydroxylation sites is 1. The molecule has 1 aliphatic heterocycles. The lowest BCUT2D eigenvalue weighted by Crippen LogP contribution is -2.32. The number of hydrogen-bond acceptors (Lipinski definition) is 6. The smallest absolute Gasteiger partial charge is 0.492 e. The number of amides is 1. The Morgan fingerprint density at radius 3 is 2.54 bits per heavy atom. The first-order valence-electron chi connectivity index (χ1n) is 12.4. The van der Waals surface area contributed by atoms with Crippen molar-refractivity contribution < 1.29 is 45.8 Å². The molecule has 0 aromatic heterocycles. The number of nitrogens with zero attached hydrogens (tertiary/aromatic N) is 1. The van der Waals surface area contributed by atoms with Gasteiger partial charge in [-0.15, -0.1) is 13.2 Å². The van der Waals surface area contributed by atoms with Gasteiger partial charge in [0, 0.05) is 37.5 Å². The summed E-state index contributed by atoms with van der Waals surface area (Å²) in [4.78, 5) is 25.6. The van der Waals surface area contributed by atoms with E-state index in [0.29, 0.717) is 31.4 Å². The normalized spacial score (nSPS) is 13.2. The van der Waals surface area contributed by atoms with Gasteiger partial charge in [0.25, 0.3) is 0 Å². The maximum atomic E-state index is 12.9. The Kier molecular flexibility index (Phi) is 9.83. The van der Waals surface area contributed by atoms with E-state index in [1.54, 1.807) is 19.9 Å². The van der Waals surface area contributed by atoms with Gasteiger partial charge in [0.15, 0.2) is 5.78 Å². The number of nitrogens with one attached hydrogen (secondary N) is 1. The molecule has 1 aliphatic rings. The van der Waals surface area contributed by atoms with E-state index < -0.39 is 22.5 Å². The van der Waals surface area contributed by atoms with Crippen LogP contribution in [0.3, 0.4) is 0 Å². The number of Topliss-reactive ketones (excluding diaryl/α,β-unsaturated/α-hetero) is 1. The highest BCUT2D eigenvalue weighted by Crippen LogP contribution is 2.35. The Morgan fingerprint density at radius 1 is 1.15 bits per heavy atom. The van der Waals surface area contributed by atoms with E-state index in [9.17, 15) is 36.3 Å². The van der Waals surface area contributed by atoms with E-state index >= 15 is 0 Å². The average molecular weight is 573 g/mol. The number of carbonyl (C=O) groups is 2. The monoisotopic (exact) mass is 572 g/mol. The Labute approximate surface area is 225 Å². The molecule has 0 radical (unpaired) electrons. The van der Waals surface area contributed by atoms with E-state index in [-0.39, 0.29) is 65.3 Å². The minimum Gasteiger partial charge on any atom is -0.492 e. The average Bonchev–Trinajstić information content (AvgIpc) is 3.30. The van der Waals surface area contributed by atoms with Crippen LogP contribution in [0, 0.1) is 0 Å². The summed E-state index contributed by atoms with van der Waals surface area (Å²) >= 11 is 0. The second kappa shape index (κ2) is 12.7. The number of carbonyl (C=O) groups excluding carboxylic acids is 1. The van der Waals surface area contributed by atoms with E-state index in [0.717, 1.165) is 4.90 Å². The summed E-state index contributed by atoms with van der Waals surface area (Å²) in [6.07, 6.45) is -4.89. The quantitative estimate of drug-likeness (QED) is 0.262. The lowest BCUT2D eigenvalue weighted by Gasteiger charge is -2.20. The molecule has 39 heavy (non-hydrogen) atoms. The Morgan fingerprint density at radius 2 is 1.87 bits per heavy atom. The molecule has 3 rings (SSSR count). The van der Waals surface area contributed by atoms with E-state index in [1.807, 2.05) is 0 Å². The first kappa shape index (κ1) is 30.2. The molecule has 0 spiro atoms. The molecule has 0 saturated heterocycles. The molecule has 2 N–H and O–H groups in total. The zero-order valence-electron chi connectivity index (χ0n) is 21.6. The van der Waals surface area contributed by atoms with Crippen molar-refractivity contribution in [1.82, 2.24) is 9.62 Å². The van der Waals surface area contributed by atoms with Gasteiger partial charge in [-0.2, -0.15) is 0 Å². The number of carboxylic acid groups (broad SMARTS) is 1. The van der Waals surface area contributed by atoms with Crippen molar-refractivity contribution >= 4 is 21.9 Å². The third-order valence-corrected chi connectivity index (χ3v) is 7.62. The number of benzene rings is 2. The zero-order chi connectivity index (χ0) is 28.8.